The quantitative estimate of drug-likeness (QED) is 0.111. The molecule has 0 aliphatic carbocycles. The molecule has 3 aromatic rings. The van der Waals surface area contributed by atoms with E-state index in [0.29, 0.717) is 5.75 Å². The molecule has 3 nitrogen and oxygen atoms in total. The second-order valence-corrected chi connectivity index (χ2v) is 13.9. The van der Waals surface area contributed by atoms with Gasteiger partial charge >= 0.3 is 42.5 Å². The molecular formula is C20H19F6O3SSb. The third kappa shape index (κ3) is 10.2. The van der Waals surface area contributed by atoms with Crippen LogP contribution in [0.25, 0.3) is 10.8 Å². The van der Waals surface area contributed by atoms with Crippen LogP contribution < -0.4 is 4.74 Å². The predicted molar refractivity (Wildman–Crippen MR) is 111 cm³/mol. The number of carbonyl (C=O) groups is 1. The summed E-state index contributed by atoms with van der Waals surface area (Å²) in [6, 6.07) is 22.5. The van der Waals surface area contributed by atoms with E-state index in [2.05, 4.69) is 53.5 Å². The molecule has 11 heteroatoms. The summed E-state index contributed by atoms with van der Waals surface area (Å²) in [6.07, 6.45) is 1.53. The molecule has 3 rings (SSSR count). The topological polar surface area (TPSA) is 35.5 Å². The maximum atomic E-state index is 11.1. The van der Waals surface area contributed by atoms with Gasteiger partial charge in [0, 0.05) is 16.5 Å². The Kier molecular flexibility index (Phi) is 7.17. The molecule has 0 amide bonds. The summed E-state index contributed by atoms with van der Waals surface area (Å²) in [7, 11) is 1.36. The molecule has 0 aromatic heterocycles. The zero-order valence-corrected chi connectivity index (χ0v) is 19.8. The Balaban J connectivity index is 0.000000423. The van der Waals surface area contributed by atoms with Gasteiger partial charge in [0.05, 0.1) is 7.11 Å². The Morgan fingerprint density at radius 3 is 2.00 bits per heavy atom. The number of fused-ring (bicyclic) bond motifs is 1. The SMILES string of the molecule is COC(=O)Oc1ccc([S+](C)Cc2cccc3ccccc23)cc1.[F][Sb-]([F])([F])([F])([F])[F]. The summed E-state index contributed by atoms with van der Waals surface area (Å²) in [4.78, 5) is 12.4. The average Bonchev–Trinajstić information content (AvgIpc) is 2.66. The molecule has 0 aliphatic heterocycles. The molecule has 0 spiro atoms. The first-order chi connectivity index (χ1) is 14.1. The molecule has 1 atom stereocenters. The number of methoxy groups -OCH3 is 1. The van der Waals surface area contributed by atoms with Crippen molar-refractivity contribution in [3.63, 3.8) is 0 Å². The van der Waals surface area contributed by atoms with Gasteiger partial charge in [0.25, 0.3) is 0 Å². The van der Waals surface area contributed by atoms with Crippen LogP contribution in [0.5, 0.6) is 5.75 Å². The van der Waals surface area contributed by atoms with Gasteiger partial charge in [-0.05, 0) is 35.0 Å². The normalized spacial score (nSPS) is 14.5. The van der Waals surface area contributed by atoms with Gasteiger partial charge in [-0.3, -0.25) is 0 Å². The minimum absolute atomic E-state index is 0.0651. The van der Waals surface area contributed by atoms with Crippen LogP contribution in [-0.4, -0.2) is 39.0 Å². The maximum absolute atomic E-state index is 11.2. The first-order valence-corrected chi connectivity index (χ1v) is 16.2. The van der Waals surface area contributed by atoms with Crippen LogP contribution in [-0.2, 0) is 21.4 Å². The molecule has 0 N–H and O–H groups in total. The van der Waals surface area contributed by atoms with Crippen molar-refractivity contribution in [3.05, 3.63) is 72.3 Å². The van der Waals surface area contributed by atoms with E-state index in [-0.39, 0.29) is 10.9 Å². The van der Waals surface area contributed by atoms with Crippen molar-refractivity contribution in [2.75, 3.05) is 13.4 Å². The Morgan fingerprint density at radius 2 is 1.42 bits per heavy atom. The van der Waals surface area contributed by atoms with Crippen LogP contribution in [0.1, 0.15) is 5.56 Å². The van der Waals surface area contributed by atoms with E-state index in [1.807, 2.05) is 12.1 Å². The fourth-order valence-electron chi connectivity index (χ4n) is 2.61. The third-order valence-electron chi connectivity index (χ3n) is 3.85. The zero-order valence-electron chi connectivity index (χ0n) is 16.4. The van der Waals surface area contributed by atoms with Crippen LogP contribution in [0.4, 0.5) is 21.7 Å². The van der Waals surface area contributed by atoms with Crippen LogP contribution >= 0.6 is 0 Å². The molecule has 0 aliphatic rings. The van der Waals surface area contributed by atoms with E-state index >= 15 is 0 Å². The molecule has 31 heavy (non-hydrogen) atoms. The Hall–Kier alpha value is -2.06. The van der Waals surface area contributed by atoms with Crippen LogP contribution in [0.15, 0.2) is 71.6 Å². The number of hydrogen-bond donors (Lipinski definition) is 0. The summed E-state index contributed by atoms with van der Waals surface area (Å²) in [6.45, 7) is 0. The average molecular weight is 575 g/mol. The van der Waals surface area contributed by atoms with Gasteiger partial charge in [0.1, 0.15) is 17.8 Å². The Labute approximate surface area is 180 Å². The van der Waals surface area contributed by atoms with Crippen LogP contribution in [0, 0.1) is 0 Å². The first kappa shape index (κ1) is 25.2. The molecule has 0 saturated carbocycles. The molecule has 0 saturated heterocycles. The second-order valence-electron chi connectivity index (χ2n) is 6.41. The van der Waals surface area contributed by atoms with Gasteiger partial charge in [-0.2, -0.15) is 0 Å². The summed E-state index contributed by atoms with van der Waals surface area (Å²) < 4.78 is 69.1. The number of halogens is 6. The molecule has 0 heterocycles. The van der Waals surface area contributed by atoms with E-state index in [9.17, 15) is 21.7 Å². The van der Waals surface area contributed by atoms with E-state index in [1.165, 1.54) is 28.3 Å². The first-order valence-electron chi connectivity index (χ1n) is 8.64. The molecule has 3 aromatic carbocycles. The fraction of sp³-hybridized carbons (Fsp3) is 0.150. The molecule has 0 bridgehead atoms. The van der Waals surface area contributed by atoms with Crippen LogP contribution in [0.3, 0.4) is 0 Å². The molecule has 1 unspecified atom stereocenters. The summed E-state index contributed by atoms with van der Waals surface area (Å²) in [5, 5.41) is 2.58. The van der Waals surface area contributed by atoms with Crippen LogP contribution in [0.2, 0.25) is 0 Å². The van der Waals surface area contributed by atoms with Gasteiger partial charge in [-0.15, -0.1) is 0 Å². The third-order valence-corrected chi connectivity index (χ3v) is 5.67. The number of benzene rings is 3. The van der Waals surface area contributed by atoms with Gasteiger partial charge in [-0.1, -0.05) is 42.5 Å². The second kappa shape index (κ2) is 8.82. The van der Waals surface area contributed by atoms with Crippen molar-refractivity contribution in [2.45, 2.75) is 10.6 Å². The molecule has 170 valence electrons. The van der Waals surface area contributed by atoms with Crippen molar-refractivity contribution >= 4 is 47.3 Å². The number of carbonyl (C=O) groups excluding carboxylic acids is 1. The molecule has 0 radical (unpaired) electrons. The molecular weight excluding hydrogens is 556 g/mol. The number of hydrogen-bond acceptors (Lipinski definition) is 3. The van der Waals surface area contributed by atoms with Gasteiger partial charge in [0.2, 0.25) is 0 Å². The van der Waals surface area contributed by atoms with Gasteiger partial charge in [0.15, 0.2) is 4.90 Å². The van der Waals surface area contributed by atoms with E-state index in [0.717, 1.165) is 5.75 Å². The van der Waals surface area contributed by atoms with Crippen molar-refractivity contribution in [2.24, 2.45) is 0 Å². The Morgan fingerprint density at radius 1 is 0.871 bits per heavy atom. The summed E-state index contributed by atoms with van der Waals surface area (Å²) in [5.74, 6) is 1.48. The van der Waals surface area contributed by atoms with E-state index < -0.39 is 25.6 Å². The summed E-state index contributed by atoms with van der Waals surface area (Å²) >= 11 is -11.2. The fourth-order valence-corrected chi connectivity index (χ4v) is 4.10. The minimum atomic E-state index is -11.2. The standard InChI is InChI=1S/C20H19O3S.6FH.Sb/c1-22-20(21)23-17-10-12-18(13-11-17)24(2)14-16-8-5-7-15-6-3-4-9-19(15)16;;;;;;;/h3-13H,14H2,1-2H3;6*1H;/q+1;;;;;;;+5/p-6. The van der Waals surface area contributed by atoms with Crippen molar-refractivity contribution < 1.29 is 31.1 Å². The molecule has 0 fully saturated rings. The van der Waals surface area contributed by atoms with Gasteiger partial charge < -0.3 is 9.47 Å². The number of rotatable bonds is 4. The Bertz CT molecular complexity index is 1040. The monoisotopic (exact) mass is 574 g/mol. The zero-order chi connectivity index (χ0) is 23.3. The van der Waals surface area contributed by atoms with Crippen molar-refractivity contribution in [1.29, 1.82) is 0 Å². The van der Waals surface area contributed by atoms with Crippen molar-refractivity contribution in [1.82, 2.24) is 0 Å². The van der Waals surface area contributed by atoms with Crippen molar-refractivity contribution in [3.8, 4) is 5.75 Å². The summed E-state index contributed by atoms with van der Waals surface area (Å²) in [5.41, 5.74) is 1.36. The predicted octanol–water partition coefficient (Wildman–Crippen LogP) is 6.93. The number of ether oxygens (including phenoxy) is 2. The van der Waals surface area contributed by atoms with E-state index in [1.54, 1.807) is 12.1 Å². The van der Waals surface area contributed by atoms with Gasteiger partial charge in [-0.25, -0.2) is 4.79 Å². The van der Waals surface area contributed by atoms with E-state index in [4.69, 9.17) is 4.74 Å².